The number of hydrogen-bond donors (Lipinski definition) is 3. The minimum Gasteiger partial charge on any atom is -0.478 e. The Morgan fingerprint density at radius 1 is 1.06 bits per heavy atom. The lowest BCUT2D eigenvalue weighted by atomic mass is 10.0. The summed E-state index contributed by atoms with van der Waals surface area (Å²) in [4.78, 5) is 11.6. The van der Waals surface area contributed by atoms with Gasteiger partial charge in [-0.05, 0) is 41.8 Å². The zero-order chi connectivity index (χ0) is 24.9. The van der Waals surface area contributed by atoms with Crippen molar-refractivity contribution in [1.29, 1.82) is 0 Å². The van der Waals surface area contributed by atoms with E-state index in [0.29, 0.717) is 5.56 Å². The summed E-state index contributed by atoms with van der Waals surface area (Å²) in [5, 5.41) is 12.7. The molecule has 0 fully saturated rings. The maximum absolute atomic E-state index is 13.3. The van der Waals surface area contributed by atoms with Gasteiger partial charge in [0, 0.05) is 6.54 Å². The third kappa shape index (κ3) is 6.27. The van der Waals surface area contributed by atoms with E-state index in [0.717, 1.165) is 30.5 Å². The van der Waals surface area contributed by atoms with Gasteiger partial charge in [0.25, 0.3) is 0 Å². The Bertz CT molecular complexity index is 1290. The molecule has 0 bridgehead atoms. The Hall–Kier alpha value is -2.65. The van der Waals surface area contributed by atoms with Crippen molar-refractivity contribution in [2.75, 3.05) is 5.32 Å². The monoisotopic (exact) mass is 524 g/mol. The van der Waals surface area contributed by atoms with Crippen LogP contribution >= 0.6 is 23.2 Å². The predicted molar refractivity (Wildman–Crippen MR) is 132 cm³/mol. The van der Waals surface area contributed by atoms with E-state index in [1.54, 1.807) is 0 Å². The van der Waals surface area contributed by atoms with Crippen LogP contribution in [0.2, 0.25) is 10.0 Å². The van der Waals surface area contributed by atoms with E-state index in [1.807, 2.05) is 37.3 Å². The molecule has 0 radical (unpaired) electrons. The molecular weight excluding hydrogens is 502 g/mol. The highest BCUT2D eigenvalue weighted by atomic mass is 35.5. The summed E-state index contributed by atoms with van der Waals surface area (Å²) in [6.07, 6.45) is 1.56. The fourth-order valence-electron chi connectivity index (χ4n) is 3.45. The number of carboxylic acid groups (broad SMARTS) is 1. The molecule has 0 aliphatic heterocycles. The summed E-state index contributed by atoms with van der Waals surface area (Å²) in [6.45, 7) is 1.83. The van der Waals surface area contributed by atoms with Crippen molar-refractivity contribution in [3.05, 3.63) is 93.2 Å². The molecule has 180 valence electrons. The molecule has 0 saturated heterocycles. The number of rotatable bonds is 10. The maximum atomic E-state index is 13.3. The Kier molecular flexibility index (Phi) is 8.54. The molecule has 34 heavy (non-hydrogen) atoms. The van der Waals surface area contributed by atoms with Gasteiger partial charge in [0.2, 0.25) is 10.0 Å². The molecule has 0 saturated carbocycles. The van der Waals surface area contributed by atoms with Crippen LogP contribution in [-0.4, -0.2) is 19.5 Å². The lowest BCUT2D eigenvalue weighted by Gasteiger charge is -2.22. The second kappa shape index (κ2) is 11.2. The van der Waals surface area contributed by atoms with Crippen molar-refractivity contribution < 1.29 is 22.7 Å². The molecule has 1 atom stereocenters. The van der Waals surface area contributed by atoms with Crippen molar-refractivity contribution in [3.63, 3.8) is 0 Å². The van der Waals surface area contributed by atoms with E-state index in [1.165, 1.54) is 18.2 Å². The summed E-state index contributed by atoms with van der Waals surface area (Å²) in [5.41, 5.74) is 1.37. The molecular formula is C24H23Cl2FN2O4S. The molecule has 3 aromatic carbocycles. The average molecular weight is 525 g/mol. The zero-order valence-electron chi connectivity index (χ0n) is 18.2. The minimum absolute atomic E-state index is 0.138. The third-order valence-corrected chi connectivity index (χ3v) is 7.31. The van der Waals surface area contributed by atoms with Crippen molar-refractivity contribution >= 4 is 44.9 Å². The molecule has 3 rings (SSSR count). The molecule has 0 heterocycles. The molecule has 0 aromatic heterocycles. The average Bonchev–Trinajstić information content (AvgIpc) is 2.80. The zero-order valence-corrected chi connectivity index (χ0v) is 20.5. The van der Waals surface area contributed by atoms with E-state index in [2.05, 4.69) is 10.0 Å². The van der Waals surface area contributed by atoms with Crippen LogP contribution in [0, 0.1) is 5.82 Å². The first kappa shape index (κ1) is 26.0. The van der Waals surface area contributed by atoms with E-state index < -0.39 is 21.8 Å². The number of aromatic carboxylic acids is 1. The maximum Gasteiger partial charge on any atom is 0.337 e. The molecule has 0 aliphatic carbocycles. The number of carboxylic acids is 1. The number of anilines is 1. The molecule has 3 N–H and O–H groups in total. The summed E-state index contributed by atoms with van der Waals surface area (Å²) < 4.78 is 41.5. The largest absolute Gasteiger partial charge is 0.478 e. The fourth-order valence-corrected chi connectivity index (χ4v) is 5.22. The van der Waals surface area contributed by atoms with Gasteiger partial charge in [0.1, 0.15) is 10.7 Å². The Labute approximate surface area is 207 Å². The van der Waals surface area contributed by atoms with Crippen LogP contribution in [0.1, 0.15) is 47.3 Å². The molecule has 0 aliphatic rings. The molecule has 10 heteroatoms. The highest BCUT2D eigenvalue weighted by molar-refractivity contribution is 7.89. The van der Waals surface area contributed by atoms with E-state index in [4.69, 9.17) is 23.2 Å². The van der Waals surface area contributed by atoms with Crippen LogP contribution in [-0.2, 0) is 16.6 Å². The van der Waals surface area contributed by atoms with Crippen LogP contribution < -0.4 is 10.0 Å². The van der Waals surface area contributed by atoms with Gasteiger partial charge in [-0.3, -0.25) is 0 Å². The summed E-state index contributed by atoms with van der Waals surface area (Å²) >= 11 is 12.0. The molecule has 3 aromatic rings. The van der Waals surface area contributed by atoms with Gasteiger partial charge < -0.3 is 10.4 Å². The quantitative estimate of drug-likeness (QED) is 0.290. The van der Waals surface area contributed by atoms with Crippen LogP contribution in [0.15, 0.2) is 65.6 Å². The molecule has 0 spiro atoms. The van der Waals surface area contributed by atoms with Gasteiger partial charge in [-0.15, -0.1) is 0 Å². The Morgan fingerprint density at radius 2 is 1.76 bits per heavy atom. The van der Waals surface area contributed by atoms with Gasteiger partial charge in [-0.25, -0.2) is 22.3 Å². The van der Waals surface area contributed by atoms with Crippen molar-refractivity contribution in [1.82, 2.24) is 4.72 Å². The lowest BCUT2D eigenvalue weighted by molar-refractivity contribution is 0.0697. The number of benzene rings is 3. The Morgan fingerprint density at radius 3 is 2.38 bits per heavy atom. The summed E-state index contributed by atoms with van der Waals surface area (Å²) in [7, 11) is -4.19. The highest BCUT2D eigenvalue weighted by Crippen LogP contribution is 2.32. The fraction of sp³-hybridized carbons (Fsp3) is 0.208. The van der Waals surface area contributed by atoms with Gasteiger partial charge in [0.15, 0.2) is 0 Å². The normalized spacial score (nSPS) is 12.4. The first-order valence-corrected chi connectivity index (χ1v) is 12.7. The number of halogens is 3. The van der Waals surface area contributed by atoms with E-state index >= 15 is 0 Å². The first-order chi connectivity index (χ1) is 16.1. The number of sulfonamides is 1. The van der Waals surface area contributed by atoms with Crippen molar-refractivity contribution in [2.45, 2.75) is 37.2 Å². The van der Waals surface area contributed by atoms with Crippen LogP contribution in [0.3, 0.4) is 0 Å². The minimum atomic E-state index is -4.19. The van der Waals surface area contributed by atoms with Gasteiger partial charge in [-0.2, -0.15) is 0 Å². The number of hydrogen-bond acceptors (Lipinski definition) is 4. The third-order valence-electron chi connectivity index (χ3n) is 5.15. The van der Waals surface area contributed by atoms with Crippen LogP contribution in [0.25, 0.3) is 0 Å². The molecule has 1 unspecified atom stereocenters. The van der Waals surface area contributed by atoms with Crippen LogP contribution in [0.5, 0.6) is 0 Å². The van der Waals surface area contributed by atoms with Crippen molar-refractivity contribution in [3.8, 4) is 0 Å². The molecule has 0 amide bonds. The second-order valence-electron chi connectivity index (χ2n) is 7.60. The summed E-state index contributed by atoms with van der Waals surface area (Å²) in [6, 6.07) is 15.5. The highest BCUT2D eigenvalue weighted by Gasteiger charge is 2.24. The van der Waals surface area contributed by atoms with Crippen molar-refractivity contribution in [2.24, 2.45) is 0 Å². The van der Waals surface area contributed by atoms with Gasteiger partial charge in [-0.1, -0.05) is 72.9 Å². The topological polar surface area (TPSA) is 95.5 Å². The van der Waals surface area contributed by atoms with Gasteiger partial charge in [0.05, 0.1) is 27.3 Å². The van der Waals surface area contributed by atoms with E-state index in [9.17, 15) is 22.7 Å². The van der Waals surface area contributed by atoms with Gasteiger partial charge >= 0.3 is 5.97 Å². The Balaban J connectivity index is 1.91. The summed E-state index contributed by atoms with van der Waals surface area (Å²) in [5.74, 6) is -1.92. The number of nitrogens with one attached hydrogen (secondary N) is 2. The van der Waals surface area contributed by atoms with E-state index in [-0.39, 0.29) is 38.8 Å². The number of carbonyl (C=O) groups is 1. The van der Waals surface area contributed by atoms with Crippen LogP contribution in [0.4, 0.5) is 10.1 Å². The standard InChI is InChI=1S/C24H23Cl2FN2O4S/c1-2-6-21(16-7-4-3-5-8-16)29-22-13-19(26)23(12-17(22)24(30)31)34(32,33)28-14-15-9-10-20(27)18(25)11-15/h3-5,7-13,21,28-29H,2,6,14H2,1H3,(H,30,31). The second-order valence-corrected chi connectivity index (χ2v) is 10.2. The SMILES string of the molecule is CCCC(Nc1cc(Cl)c(S(=O)(=O)NCc2ccc(F)c(Cl)c2)cc1C(=O)O)c1ccccc1. The smallest absolute Gasteiger partial charge is 0.337 e. The predicted octanol–water partition coefficient (Wildman–Crippen LogP) is 6.26. The lowest BCUT2D eigenvalue weighted by Crippen LogP contribution is -2.24. The first-order valence-electron chi connectivity index (χ1n) is 10.4. The molecule has 6 nitrogen and oxygen atoms in total.